The van der Waals surface area contributed by atoms with Crippen LogP contribution in [0.1, 0.15) is 39.2 Å². The first-order valence-electron chi connectivity index (χ1n) is 7.41. The fraction of sp³-hybridized carbons (Fsp3) is 0.625. The summed E-state index contributed by atoms with van der Waals surface area (Å²) in [7, 11) is 0. The van der Waals surface area contributed by atoms with E-state index in [0.717, 1.165) is 24.9 Å². The molecule has 0 spiro atoms. The quantitative estimate of drug-likeness (QED) is 0.840. The molecule has 2 rings (SSSR count). The van der Waals surface area contributed by atoms with E-state index in [1.807, 2.05) is 39.8 Å². The summed E-state index contributed by atoms with van der Waals surface area (Å²) in [6.45, 7) is 8.86. The Bertz CT molecular complexity index is 497. The van der Waals surface area contributed by atoms with Crippen molar-refractivity contribution in [3.05, 3.63) is 23.9 Å². The highest BCUT2D eigenvalue weighted by atomic mass is 16.6. The van der Waals surface area contributed by atoms with E-state index in [9.17, 15) is 4.79 Å². The molecule has 1 amide bonds. The number of nitrogens with zero attached hydrogens (tertiary/aromatic N) is 2. The molecule has 0 aliphatic carbocycles. The number of pyridine rings is 1. The zero-order valence-electron chi connectivity index (χ0n) is 13.3. The molecule has 1 aliphatic rings. The summed E-state index contributed by atoms with van der Waals surface area (Å²) in [6.07, 6.45) is 3.26. The number of hydrogen-bond donors (Lipinski definition) is 0. The van der Waals surface area contributed by atoms with Crippen LogP contribution in [0.15, 0.2) is 18.3 Å². The number of aromatic nitrogens is 1. The molecule has 116 valence electrons. The predicted octanol–water partition coefficient (Wildman–Crippen LogP) is 3.17. The Morgan fingerprint density at radius 3 is 2.86 bits per heavy atom. The summed E-state index contributed by atoms with van der Waals surface area (Å²) in [6, 6.07) is 3.85. The van der Waals surface area contributed by atoms with Gasteiger partial charge in [0.15, 0.2) is 0 Å². The van der Waals surface area contributed by atoms with Crippen molar-refractivity contribution in [2.24, 2.45) is 0 Å². The number of carbonyl (C=O) groups is 1. The van der Waals surface area contributed by atoms with Gasteiger partial charge in [-0.1, -0.05) is 6.07 Å². The molecule has 0 bridgehead atoms. The lowest BCUT2D eigenvalue weighted by molar-refractivity contribution is 0.00715. The summed E-state index contributed by atoms with van der Waals surface area (Å²) in [5.41, 5.74) is 0.537. The van der Waals surface area contributed by atoms with Gasteiger partial charge in [0, 0.05) is 18.3 Å². The van der Waals surface area contributed by atoms with Crippen molar-refractivity contribution in [1.29, 1.82) is 0 Å². The first-order valence-corrected chi connectivity index (χ1v) is 7.41. The van der Waals surface area contributed by atoms with E-state index in [0.29, 0.717) is 12.4 Å². The highest BCUT2D eigenvalue weighted by Gasteiger charge is 2.28. The third-order valence-corrected chi connectivity index (χ3v) is 3.27. The van der Waals surface area contributed by atoms with Crippen molar-refractivity contribution < 1.29 is 14.3 Å². The van der Waals surface area contributed by atoms with E-state index < -0.39 is 5.60 Å². The number of ether oxygens (including phenoxy) is 2. The minimum atomic E-state index is -0.470. The van der Waals surface area contributed by atoms with Crippen LogP contribution >= 0.6 is 0 Å². The molecule has 1 saturated heterocycles. The molecule has 5 heteroatoms. The van der Waals surface area contributed by atoms with E-state index in [-0.39, 0.29) is 12.2 Å². The fourth-order valence-corrected chi connectivity index (χ4v) is 2.28. The Balaban J connectivity index is 1.95. The molecule has 0 saturated carbocycles. The maximum absolute atomic E-state index is 12.1. The van der Waals surface area contributed by atoms with E-state index in [1.165, 1.54) is 0 Å². The van der Waals surface area contributed by atoms with Gasteiger partial charge in [0.05, 0.1) is 6.54 Å². The average molecular weight is 292 g/mol. The number of piperidine rings is 1. The van der Waals surface area contributed by atoms with Gasteiger partial charge in [0.25, 0.3) is 0 Å². The second-order valence-electron chi connectivity index (χ2n) is 6.43. The molecule has 1 atom stereocenters. The molecule has 1 aromatic rings. The van der Waals surface area contributed by atoms with Gasteiger partial charge in [-0.15, -0.1) is 0 Å². The zero-order chi connectivity index (χ0) is 15.5. The van der Waals surface area contributed by atoms with Crippen molar-refractivity contribution >= 4 is 6.09 Å². The monoisotopic (exact) mass is 292 g/mol. The number of likely N-dealkylation sites (tertiary alicyclic amines) is 1. The number of rotatable bonds is 2. The van der Waals surface area contributed by atoms with Crippen LogP contribution in [0.4, 0.5) is 4.79 Å². The lowest BCUT2D eigenvalue weighted by Crippen LogP contribution is -2.46. The topological polar surface area (TPSA) is 51.7 Å². The second-order valence-corrected chi connectivity index (χ2v) is 6.43. The number of hydrogen-bond acceptors (Lipinski definition) is 4. The van der Waals surface area contributed by atoms with Crippen molar-refractivity contribution in [3.8, 4) is 5.88 Å². The minimum absolute atomic E-state index is 0.0279. The predicted molar refractivity (Wildman–Crippen MR) is 80.4 cm³/mol. The van der Waals surface area contributed by atoms with Gasteiger partial charge in [-0.3, -0.25) is 0 Å². The van der Waals surface area contributed by atoms with Crippen LogP contribution in [0.5, 0.6) is 5.88 Å². The van der Waals surface area contributed by atoms with Crippen LogP contribution in [0.25, 0.3) is 0 Å². The molecule has 0 N–H and O–H groups in total. The average Bonchev–Trinajstić information content (AvgIpc) is 2.40. The lowest BCUT2D eigenvalue weighted by Gasteiger charge is -2.34. The summed E-state index contributed by atoms with van der Waals surface area (Å²) >= 11 is 0. The molecule has 0 aromatic carbocycles. The zero-order valence-corrected chi connectivity index (χ0v) is 13.3. The normalized spacial score (nSPS) is 19.2. The Kier molecular flexibility index (Phi) is 4.70. The van der Waals surface area contributed by atoms with Crippen LogP contribution in [-0.2, 0) is 4.74 Å². The molecular formula is C16H24N2O3. The van der Waals surface area contributed by atoms with E-state index in [1.54, 1.807) is 11.1 Å². The molecule has 5 nitrogen and oxygen atoms in total. The summed E-state index contributed by atoms with van der Waals surface area (Å²) in [5, 5.41) is 0. The van der Waals surface area contributed by atoms with Gasteiger partial charge in [-0.05, 0) is 46.6 Å². The van der Waals surface area contributed by atoms with Gasteiger partial charge < -0.3 is 14.4 Å². The van der Waals surface area contributed by atoms with Crippen LogP contribution < -0.4 is 4.74 Å². The lowest BCUT2D eigenvalue weighted by atomic mass is 10.1. The molecule has 1 fully saturated rings. The van der Waals surface area contributed by atoms with Crippen molar-refractivity contribution in [3.63, 3.8) is 0 Å². The first kappa shape index (κ1) is 15.6. The number of aryl methyl sites for hydroxylation is 1. The van der Waals surface area contributed by atoms with E-state index in [4.69, 9.17) is 9.47 Å². The molecule has 1 aromatic heterocycles. The van der Waals surface area contributed by atoms with Gasteiger partial charge >= 0.3 is 6.09 Å². The molecular weight excluding hydrogens is 268 g/mol. The Morgan fingerprint density at radius 2 is 2.19 bits per heavy atom. The van der Waals surface area contributed by atoms with Crippen molar-refractivity contribution in [1.82, 2.24) is 9.88 Å². The summed E-state index contributed by atoms with van der Waals surface area (Å²) in [5.74, 6) is 0.647. The van der Waals surface area contributed by atoms with E-state index >= 15 is 0 Å². The summed E-state index contributed by atoms with van der Waals surface area (Å²) < 4.78 is 11.4. The minimum Gasteiger partial charge on any atom is -0.472 e. The SMILES string of the molecule is Cc1cccnc1O[C@H]1CCCN(C(=O)OC(C)(C)C)C1. The van der Waals surface area contributed by atoms with Crippen molar-refractivity contribution in [2.45, 2.75) is 52.2 Å². The largest absolute Gasteiger partial charge is 0.472 e. The van der Waals surface area contributed by atoms with Crippen LogP contribution in [0.3, 0.4) is 0 Å². The molecule has 0 radical (unpaired) electrons. The fourth-order valence-electron chi connectivity index (χ4n) is 2.28. The van der Waals surface area contributed by atoms with Crippen LogP contribution in [0.2, 0.25) is 0 Å². The molecule has 0 unspecified atom stereocenters. The molecule has 2 heterocycles. The smallest absolute Gasteiger partial charge is 0.410 e. The second kappa shape index (κ2) is 6.33. The number of carbonyl (C=O) groups excluding carboxylic acids is 1. The van der Waals surface area contributed by atoms with Gasteiger partial charge in [-0.25, -0.2) is 9.78 Å². The van der Waals surface area contributed by atoms with Crippen molar-refractivity contribution in [2.75, 3.05) is 13.1 Å². The van der Waals surface area contributed by atoms with E-state index in [2.05, 4.69) is 4.98 Å². The Morgan fingerprint density at radius 1 is 1.43 bits per heavy atom. The van der Waals surface area contributed by atoms with Gasteiger partial charge in [0.1, 0.15) is 11.7 Å². The first-order chi connectivity index (χ1) is 9.85. The maximum atomic E-state index is 12.1. The Hall–Kier alpha value is -1.78. The highest BCUT2D eigenvalue weighted by molar-refractivity contribution is 5.68. The molecule has 1 aliphatic heterocycles. The van der Waals surface area contributed by atoms with Gasteiger partial charge in [0.2, 0.25) is 5.88 Å². The Labute approximate surface area is 126 Å². The van der Waals surface area contributed by atoms with Crippen LogP contribution in [-0.4, -0.2) is 40.8 Å². The molecule has 21 heavy (non-hydrogen) atoms. The highest BCUT2D eigenvalue weighted by Crippen LogP contribution is 2.21. The third kappa shape index (κ3) is 4.62. The standard InChI is InChI=1S/C16H24N2O3/c1-12-7-5-9-17-14(12)20-13-8-6-10-18(11-13)15(19)21-16(2,3)4/h5,7,9,13H,6,8,10-11H2,1-4H3/t13-/m0/s1. The van der Waals surface area contributed by atoms with Gasteiger partial charge in [-0.2, -0.15) is 0 Å². The number of amides is 1. The maximum Gasteiger partial charge on any atom is 0.410 e. The summed E-state index contributed by atoms with van der Waals surface area (Å²) in [4.78, 5) is 18.1. The van der Waals surface area contributed by atoms with Crippen LogP contribution in [0, 0.1) is 6.92 Å². The third-order valence-electron chi connectivity index (χ3n) is 3.27.